The molecule has 0 fully saturated rings. The van der Waals surface area contributed by atoms with Crippen molar-refractivity contribution in [2.24, 2.45) is 0 Å². The van der Waals surface area contributed by atoms with E-state index in [4.69, 9.17) is 4.42 Å². The number of allylic oxidation sites excluding steroid dienone is 1. The van der Waals surface area contributed by atoms with Gasteiger partial charge in [0.1, 0.15) is 11.2 Å². The number of furan rings is 1. The number of nitrogens with zero attached hydrogens (tertiary/aromatic N) is 2. The van der Waals surface area contributed by atoms with Crippen LogP contribution in [0.25, 0.3) is 93.6 Å². The van der Waals surface area contributed by atoms with Gasteiger partial charge in [-0.15, -0.1) is 0 Å². The molecule has 0 radical (unpaired) electrons. The Morgan fingerprint density at radius 2 is 1.11 bits per heavy atom. The Hall–Kier alpha value is -6.84. The summed E-state index contributed by atoms with van der Waals surface area (Å²) in [4.78, 5) is 0. The molecular weight excluding hydrogens is 645 g/mol. The minimum absolute atomic E-state index is 0.244. The number of fused-ring (bicyclic) bond motifs is 12. The summed E-state index contributed by atoms with van der Waals surface area (Å²) in [7, 11) is 0. The summed E-state index contributed by atoms with van der Waals surface area (Å²) < 4.78 is 11.4. The third-order valence-electron chi connectivity index (χ3n) is 11.7. The van der Waals surface area contributed by atoms with Gasteiger partial charge >= 0.3 is 0 Å². The summed E-state index contributed by atoms with van der Waals surface area (Å²) in [6.07, 6.45) is 5.74. The molecule has 3 nitrogen and oxygen atoms in total. The molecule has 0 aliphatic heterocycles. The van der Waals surface area contributed by atoms with Crippen LogP contribution in [-0.4, -0.2) is 9.13 Å². The summed E-state index contributed by atoms with van der Waals surface area (Å²) in [6.45, 7) is 0. The van der Waals surface area contributed by atoms with E-state index in [1.54, 1.807) is 0 Å². The molecule has 53 heavy (non-hydrogen) atoms. The summed E-state index contributed by atoms with van der Waals surface area (Å²) in [5, 5.41) is 11.1. The van der Waals surface area contributed by atoms with Gasteiger partial charge in [-0.1, -0.05) is 121 Å². The second-order valence-corrected chi connectivity index (χ2v) is 14.4. The van der Waals surface area contributed by atoms with Crippen LogP contribution in [0.3, 0.4) is 0 Å². The van der Waals surface area contributed by atoms with Crippen LogP contribution >= 0.6 is 0 Å². The predicted molar refractivity (Wildman–Crippen MR) is 222 cm³/mol. The van der Waals surface area contributed by atoms with Crippen molar-refractivity contribution >= 4 is 82.3 Å². The van der Waals surface area contributed by atoms with Crippen LogP contribution in [0.4, 0.5) is 0 Å². The van der Waals surface area contributed by atoms with E-state index in [9.17, 15) is 0 Å². The molecule has 3 heterocycles. The van der Waals surface area contributed by atoms with Gasteiger partial charge in [0, 0.05) is 43.9 Å². The minimum atomic E-state index is 0.244. The Kier molecular flexibility index (Phi) is 5.89. The fourth-order valence-electron chi connectivity index (χ4n) is 9.32. The maximum absolute atomic E-state index is 6.46. The number of hydrogen-bond donors (Lipinski definition) is 0. The van der Waals surface area contributed by atoms with E-state index in [0.717, 1.165) is 28.4 Å². The molecule has 1 aliphatic rings. The third-order valence-corrected chi connectivity index (χ3v) is 11.7. The smallest absolute Gasteiger partial charge is 0.137 e. The number of para-hydroxylation sites is 2. The Morgan fingerprint density at radius 3 is 1.91 bits per heavy atom. The molecule has 1 unspecified atom stereocenters. The monoisotopic (exact) mass is 676 g/mol. The summed E-state index contributed by atoms with van der Waals surface area (Å²) >= 11 is 0. The van der Waals surface area contributed by atoms with Gasteiger partial charge in [0.2, 0.25) is 0 Å². The van der Waals surface area contributed by atoms with Gasteiger partial charge in [-0.2, -0.15) is 0 Å². The molecular formula is C50H32N2O. The zero-order valence-electron chi connectivity index (χ0n) is 28.8. The van der Waals surface area contributed by atoms with E-state index in [1.807, 2.05) is 0 Å². The van der Waals surface area contributed by atoms with Crippen molar-refractivity contribution in [3.63, 3.8) is 0 Å². The van der Waals surface area contributed by atoms with E-state index in [0.29, 0.717) is 0 Å². The third kappa shape index (κ3) is 4.05. The standard InChI is InChI=1S/C50H32N2O/c1-3-15-35-31(11-1)13-9-20-42(35)51-44-19-7-5-17-37(44)40-29-33(23-26-45(40)51)34-24-27-46-41(30-34)38-25-28-48-49(39-18-6-8-22-47(39)53-48)50(38)52(46)43-21-10-14-32-12-2-4-16-36(32)43/h1-28,30,33H,29H2. The molecule has 0 amide bonds. The second kappa shape index (κ2) is 10.8. The van der Waals surface area contributed by atoms with Crippen LogP contribution in [0.1, 0.15) is 22.7 Å². The molecule has 1 aliphatic carbocycles. The van der Waals surface area contributed by atoms with Gasteiger partial charge in [-0.25, -0.2) is 0 Å². The van der Waals surface area contributed by atoms with Gasteiger partial charge < -0.3 is 13.6 Å². The Morgan fingerprint density at radius 1 is 0.472 bits per heavy atom. The molecule has 0 saturated carbocycles. The lowest BCUT2D eigenvalue weighted by Crippen LogP contribution is -2.07. The van der Waals surface area contributed by atoms with Crippen molar-refractivity contribution in [3.05, 3.63) is 187 Å². The van der Waals surface area contributed by atoms with Crippen LogP contribution in [0.2, 0.25) is 0 Å². The summed E-state index contributed by atoms with van der Waals surface area (Å²) in [5.41, 5.74) is 11.9. The van der Waals surface area contributed by atoms with Gasteiger partial charge in [0.25, 0.3) is 0 Å². The number of benzene rings is 8. The molecule has 248 valence electrons. The van der Waals surface area contributed by atoms with Crippen molar-refractivity contribution in [3.8, 4) is 11.4 Å². The molecule has 0 N–H and O–H groups in total. The van der Waals surface area contributed by atoms with Crippen molar-refractivity contribution in [1.29, 1.82) is 0 Å². The summed E-state index contributed by atoms with van der Waals surface area (Å²) in [5.74, 6) is 0.244. The Bertz CT molecular complexity index is 3320. The first-order valence-electron chi connectivity index (χ1n) is 18.5. The number of aromatic nitrogens is 2. The molecule has 12 rings (SSSR count). The SMILES string of the molecule is C1=CC(c2ccc3c(c2)c2ccc4oc5ccccc5c4c2n3-c2cccc3ccccc23)Cc2c1n(-c1cccc3ccccc13)c1ccccc21. The van der Waals surface area contributed by atoms with Crippen molar-refractivity contribution in [1.82, 2.24) is 9.13 Å². The Labute approximate surface area is 305 Å². The fraction of sp³-hybridized carbons (Fsp3) is 0.0400. The van der Waals surface area contributed by atoms with E-state index >= 15 is 0 Å². The van der Waals surface area contributed by atoms with Crippen molar-refractivity contribution < 1.29 is 4.42 Å². The van der Waals surface area contributed by atoms with Gasteiger partial charge in [-0.05, 0) is 82.9 Å². The largest absolute Gasteiger partial charge is 0.456 e. The maximum Gasteiger partial charge on any atom is 0.137 e. The van der Waals surface area contributed by atoms with E-state index < -0.39 is 0 Å². The zero-order valence-corrected chi connectivity index (χ0v) is 28.8. The van der Waals surface area contributed by atoms with Gasteiger partial charge in [0.15, 0.2) is 0 Å². The second-order valence-electron chi connectivity index (χ2n) is 14.4. The minimum Gasteiger partial charge on any atom is -0.456 e. The van der Waals surface area contributed by atoms with Crippen molar-refractivity contribution in [2.75, 3.05) is 0 Å². The molecule has 3 aromatic heterocycles. The highest BCUT2D eigenvalue weighted by molar-refractivity contribution is 6.25. The molecule has 0 bridgehead atoms. The van der Waals surface area contributed by atoms with Gasteiger partial charge in [-0.3, -0.25) is 0 Å². The molecule has 3 heteroatoms. The lowest BCUT2D eigenvalue weighted by atomic mass is 9.86. The molecule has 11 aromatic rings. The van der Waals surface area contributed by atoms with E-state index in [1.165, 1.54) is 82.4 Å². The van der Waals surface area contributed by atoms with Gasteiger partial charge in [0.05, 0.1) is 33.3 Å². The summed E-state index contributed by atoms with van der Waals surface area (Å²) in [6, 6.07) is 59.6. The number of hydrogen-bond acceptors (Lipinski definition) is 1. The van der Waals surface area contributed by atoms with E-state index in [2.05, 4.69) is 185 Å². The maximum atomic E-state index is 6.46. The van der Waals surface area contributed by atoms with Crippen molar-refractivity contribution in [2.45, 2.75) is 12.3 Å². The fourth-order valence-corrected chi connectivity index (χ4v) is 9.32. The van der Waals surface area contributed by atoms with Crippen LogP contribution in [0.5, 0.6) is 0 Å². The topological polar surface area (TPSA) is 23.0 Å². The average Bonchev–Trinajstić information content (AvgIpc) is 3.87. The highest BCUT2D eigenvalue weighted by atomic mass is 16.3. The molecule has 1 atom stereocenters. The van der Waals surface area contributed by atoms with Crippen LogP contribution in [0, 0.1) is 0 Å². The normalized spacial score (nSPS) is 14.5. The average molecular weight is 677 g/mol. The first-order chi connectivity index (χ1) is 26.3. The predicted octanol–water partition coefficient (Wildman–Crippen LogP) is 13.3. The lowest BCUT2D eigenvalue weighted by Gasteiger charge is -2.20. The van der Waals surface area contributed by atoms with Crippen LogP contribution < -0.4 is 0 Å². The molecule has 0 saturated heterocycles. The van der Waals surface area contributed by atoms with Crippen LogP contribution in [-0.2, 0) is 6.42 Å². The van der Waals surface area contributed by atoms with E-state index in [-0.39, 0.29) is 5.92 Å². The number of rotatable bonds is 3. The highest BCUT2D eigenvalue weighted by Gasteiger charge is 2.26. The first kappa shape index (κ1) is 28.8. The molecule has 8 aromatic carbocycles. The Balaban J connectivity index is 1.08. The zero-order chi connectivity index (χ0) is 34.6. The molecule has 0 spiro atoms. The first-order valence-corrected chi connectivity index (χ1v) is 18.5. The highest BCUT2D eigenvalue weighted by Crippen LogP contribution is 2.44. The lowest BCUT2D eigenvalue weighted by molar-refractivity contribution is 0.669. The van der Waals surface area contributed by atoms with Crippen LogP contribution in [0.15, 0.2) is 174 Å². The quantitative estimate of drug-likeness (QED) is 0.183.